The third-order valence-corrected chi connectivity index (χ3v) is 4.80. The van der Waals surface area contributed by atoms with Gasteiger partial charge in [-0.05, 0) is 24.6 Å². The Kier molecular flexibility index (Phi) is 5.87. The zero-order chi connectivity index (χ0) is 18.4. The van der Waals surface area contributed by atoms with Gasteiger partial charge in [0.1, 0.15) is 4.90 Å². The van der Waals surface area contributed by atoms with Gasteiger partial charge in [0.2, 0.25) is 11.8 Å². The Morgan fingerprint density at radius 2 is 1.84 bits per heavy atom. The summed E-state index contributed by atoms with van der Waals surface area (Å²) >= 11 is 0. The molecule has 0 fully saturated rings. The molecule has 0 saturated heterocycles. The molecule has 0 unspecified atom stereocenters. The number of carbonyl (C=O) groups is 2. The zero-order valence-electron chi connectivity index (χ0n) is 13.9. The molecule has 8 heteroatoms. The van der Waals surface area contributed by atoms with Gasteiger partial charge in [0.25, 0.3) is 10.0 Å². The highest BCUT2D eigenvalue weighted by Crippen LogP contribution is 2.18. The van der Waals surface area contributed by atoms with Gasteiger partial charge in [0, 0.05) is 19.3 Å². The van der Waals surface area contributed by atoms with Crippen molar-refractivity contribution in [3.05, 3.63) is 59.9 Å². The van der Waals surface area contributed by atoms with Crippen molar-refractivity contribution < 1.29 is 18.0 Å². The van der Waals surface area contributed by atoms with Crippen LogP contribution in [0.4, 0.5) is 0 Å². The lowest BCUT2D eigenvalue weighted by atomic mass is 10.0. The third kappa shape index (κ3) is 5.39. The minimum atomic E-state index is -4.00. The van der Waals surface area contributed by atoms with Crippen LogP contribution in [-0.4, -0.2) is 25.2 Å². The molecule has 25 heavy (non-hydrogen) atoms. The van der Waals surface area contributed by atoms with Gasteiger partial charge in [-0.1, -0.05) is 29.8 Å². The number of rotatable bonds is 6. The first-order valence-electron chi connectivity index (χ1n) is 7.57. The number of sulfonamides is 1. The Morgan fingerprint density at radius 3 is 2.40 bits per heavy atom. The van der Waals surface area contributed by atoms with Crippen LogP contribution in [0.2, 0.25) is 0 Å². The molecule has 0 aliphatic carbocycles. The highest BCUT2D eigenvalue weighted by Gasteiger charge is 2.22. The van der Waals surface area contributed by atoms with Crippen molar-refractivity contribution >= 4 is 21.8 Å². The molecule has 1 heterocycles. The average molecular weight is 361 g/mol. The maximum absolute atomic E-state index is 12.2. The van der Waals surface area contributed by atoms with Gasteiger partial charge in [-0.3, -0.25) is 14.6 Å². The van der Waals surface area contributed by atoms with E-state index in [0.29, 0.717) is 0 Å². The molecule has 0 aliphatic rings. The molecule has 2 rings (SSSR count). The fourth-order valence-corrected chi connectivity index (χ4v) is 3.20. The van der Waals surface area contributed by atoms with Gasteiger partial charge in [-0.25, -0.2) is 13.1 Å². The van der Waals surface area contributed by atoms with Gasteiger partial charge >= 0.3 is 0 Å². The topological polar surface area (TPSA) is 105 Å². The molecule has 2 aromatic rings. The van der Waals surface area contributed by atoms with E-state index < -0.39 is 22.0 Å². The number of nitrogens with zero attached hydrogens (tertiary/aromatic N) is 1. The van der Waals surface area contributed by atoms with Crippen molar-refractivity contribution in [3.63, 3.8) is 0 Å². The van der Waals surface area contributed by atoms with Gasteiger partial charge in [0.15, 0.2) is 0 Å². The Hall–Kier alpha value is -2.74. The number of aromatic nitrogens is 1. The second-order valence-corrected chi connectivity index (χ2v) is 7.27. The highest BCUT2D eigenvalue weighted by atomic mass is 32.2. The van der Waals surface area contributed by atoms with Crippen molar-refractivity contribution in [2.24, 2.45) is 0 Å². The molecule has 0 aliphatic heterocycles. The summed E-state index contributed by atoms with van der Waals surface area (Å²) in [5.74, 6) is -1.03. The van der Waals surface area contributed by atoms with Crippen LogP contribution in [0.15, 0.2) is 53.7 Å². The number of aryl methyl sites for hydroxylation is 1. The Labute approximate surface area is 146 Å². The second kappa shape index (κ2) is 7.89. The van der Waals surface area contributed by atoms with Crippen molar-refractivity contribution in [1.29, 1.82) is 0 Å². The van der Waals surface area contributed by atoms with E-state index >= 15 is 0 Å². The third-order valence-electron chi connectivity index (χ3n) is 3.44. The van der Waals surface area contributed by atoms with Gasteiger partial charge in [-0.2, -0.15) is 0 Å². The predicted molar refractivity (Wildman–Crippen MR) is 91.9 cm³/mol. The van der Waals surface area contributed by atoms with Gasteiger partial charge < -0.3 is 5.32 Å². The van der Waals surface area contributed by atoms with Crippen LogP contribution in [0.5, 0.6) is 0 Å². The minimum absolute atomic E-state index is 0.102. The SMILES string of the molecule is CC(=O)N[C@H](CC(=O)NS(=O)(=O)c1cccnc1)c1ccc(C)cc1. The van der Waals surface area contributed by atoms with Gasteiger partial charge in [-0.15, -0.1) is 0 Å². The van der Waals surface area contributed by atoms with Crippen LogP contribution < -0.4 is 10.0 Å². The van der Waals surface area contributed by atoms with Crippen molar-refractivity contribution in [2.45, 2.75) is 31.2 Å². The van der Waals surface area contributed by atoms with Crippen molar-refractivity contribution in [2.75, 3.05) is 0 Å². The number of hydrogen-bond donors (Lipinski definition) is 2. The monoisotopic (exact) mass is 361 g/mol. The molecule has 7 nitrogen and oxygen atoms in total. The van der Waals surface area contributed by atoms with E-state index in [1.165, 1.54) is 25.3 Å². The molecule has 132 valence electrons. The normalized spacial score (nSPS) is 12.2. The van der Waals surface area contributed by atoms with E-state index in [1.807, 2.05) is 23.8 Å². The average Bonchev–Trinajstić information content (AvgIpc) is 2.55. The number of amides is 2. The molecule has 0 saturated carbocycles. The maximum Gasteiger partial charge on any atom is 0.265 e. The molecule has 2 N–H and O–H groups in total. The number of nitrogens with one attached hydrogen (secondary N) is 2. The lowest BCUT2D eigenvalue weighted by Gasteiger charge is -2.18. The molecule has 0 spiro atoms. The fourth-order valence-electron chi connectivity index (χ4n) is 2.24. The second-order valence-electron chi connectivity index (χ2n) is 5.59. The first-order valence-corrected chi connectivity index (χ1v) is 9.05. The number of carbonyl (C=O) groups excluding carboxylic acids is 2. The molecule has 1 aromatic heterocycles. The Balaban J connectivity index is 2.14. The maximum atomic E-state index is 12.2. The first kappa shape index (κ1) is 18.6. The summed E-state index contributed by atoms with van der Waals surface area (Å²) in [7, 11) is -4.00. The Bertz CT molecular complexity index is 849. The molecular weight excluding hydrogens is 342 g/mol. The quantitative estimate of drug-likeness (QED) is 0.810. The van der Waals surface area contributed by atoms with Crippen molar-refractivity contribution in [3.8, 4) is 0 Å². The van der Waals surface area contributed by atoms with Crippen molar-refractivity contribution in [1.82, 2.24) is 15.0 Å². The predicted octanol–water partition coefficient (Wildman–Crippen LogP) is 1.46. The van der Waals surface area contributed by atoms with E-state index in [-0.39, 0.29) is 17.2 Å². The fraction of sp³-hybridized carbons (Fsp3) is 0.235. The molecule has 1 atom stereocenters. The number of benzene rings is 1. The van der Waals surface area contributed by atoms with Crippen LogP contribution in [0.1, 0.15) is 30.5 Å². The summed E-state index contributed by atoms with van der Waals surface area (Å²) in [6.45, 7) is 3.26. The molecular formula is C17H19N3O4S. The zero-order valence-corrected chi connectivity index (χ0v) is 14.7. The summed E-state index contributed by atoms with van der Waals surface area (Å²) in [6, 6.07) is 9.47. The number of hydrogen-bond acceptors (Lipinski definition) is 5. The molecule has 0 radical (unpaired) electrons. The summed E-state index contributed by atoms with van der Waals surface area (Å²) in [5.41, 5.74) is 1.75. The lowest BCUT2D eigenvalue weighted by Crippen LogP contribution is -2.35. The van der Waals surface area contributed by atoms with Crippen LogP contribution in [0, 0.1) is 6.92 Å². The summed E-state index contributed by atoms with van der Waals surface area (Å²) in [4.78, 5) is 27.2. The highest BCUT2D eigenvalue weighted by molar-refractivity contribution is 7.90. The summed E-state index contributed by atoms with van der Waals surface area (Å²) < 4.78 is 26.3. The standard InChI is InChI=1S/C17H19N3O4S/c1-12-5-7-14(8-6-12)16(19-13(2)21)10-17(22)20-25(23,24)15-4-3-9-18-11-15/h3-9,11,16H,10H2,1-2H3,(H,19,21)(H,20,22)/t16-/m1/s1. The van der Waals surface area contributed by atoms with E-state index in [1.54, 1.807) is 12.1 Å². The van der Waals surface area contributed by atoms with Crippen LogP contribution in [-0.2, 0) is 19.6 Å². The van der Waals surface area contributed by atoms with Crippen LogP contribution >= 0.6 is 0 Å². The van der Waals surface area contributed by atoms with E-state index in [4.69, 9.17) is 0 Å². The van der Waals surface area contributed by atoms with E-state index in [9.17, 15) is 18.0 Å². The smallest absolute Gasteiger partial charge is 0.265 e. The van der Waals surface area contributed by atoms with Crippen LogP contribution in [0.25, 0.3) is 0 Å². The summed E-state index contributed by atoms with van der Waals surface area (Å²) in [6.07, 6.45) is 2.38. The summed E-state index contributed by atoms with van der Waals surface area (Å²) in [5, 5.41) is 2.67. The molecule has 2 amide bonds. The van der Waals surface area contributed by atoms with Crippen LogP contribution in [0.3, 0.4) is 0 Å². The first-order chi connectivity index (χ1) is 11.8. The molecule has 1 aromatic carbocycles. The lowest BCUT2D eigenvalue weighted by molar-refractivity contribution is -0.121. The molecule has 0 bridgehead atoms. The Morgan fingerprint density at radius 1 is 1.16 bits per heavy atom. The largest absolute Gasteiger partial charge is 0.349 e. The number of pyridine rings is 1. The van der Waals surface area contributed by atoms with Gasteiger partial charge in [0.05, 0.1) is 12.5 Å². The van der Waals surface area contributed by atoms with E-state index in [2.05, 4.69) is 10.3 Å². The minimum Gasteiger partial charge on any atom is -0.349 e. The van der Waals surface area contributed by atoms with E-state index in [0.717, 1.165) is 17.3 Å².